The van der Waals surface area contributed by atoms with Crippen molar-refractivity contribution in [3.63, 3.8) is 0 Å². The molecular formula is C17H33NO2. The third kappa shape index (κ3) is 7.28. The van der Waals surface area contributed by atoms with Crippen LogP contribution in [0.2, 0.25) is 0 Å². The summed E-state index contributed by atoms with van der Waals surface area (Å²) in [5, 5.41) is 13.3. The third-order valence-corrected chi connectivity index (χ3v) is 4.58. The molecule has 0 aromatic heterocycles. The largest absolute Gasteiger partial charge is 0.388 e. The number of hydrogen-bond donors (Lipinski definition) is 2. The van der Waals surface area contributed by atoms with Crippen LogP contribution >= 0.6 is 0 Å². The number of carbonyl (C=O) groups excluding carboxylic acids is 1. The SMILES string of the molecule is CCCCCCCCC(=O)NCC1(O)CCC(C)CC1. The van der Waals surface area contributed by atoms with Gasteiger partial charge < -0.3 is 10.4 Å². The van der Waals surface area contributed by atoms with Crippen LogP contribution in [0.5, 0.6) is 0 Å². The average Bonchev–Trinajstić information content (AvgIpc) is 2.44. The van der Waals surface area contributed by atoms with Crippen molar-refractivity contribution in [2.75, 3.05) is 6.54 Å². The van der Waals surface area contributed by atoms with Gasteiger partial charge in [-0.3, -0.25) is 4.79 Å². The first-order valence-electron chi connectivity index (χ1n) is 8.55. The minimum atomic E-state index is -0.650. The maximum Gasteiger partial charge on any atom is 0.220 e. The fourth-order valence-electron chi connectivity index (χ4n) is 2.89. The monoisotopic (exact) mass is 283 g/mol. The van der Waals surface area contributed by atoms with Crippen molar-refractivity contribution in [3.8, 4) is 0 Å². The van der Waals surface area contributed by atoms with E-state index in [1.54, 1.807) is 0 Å². The molecule has 0 aromatic rings. The molecule has 1 fully saturated rings. The van der Waals surface area contributed by atoms with Gasteiger partial charge in [-0.2, -0.15) is 0 Å². The van der Waals surface area contributed by atoms with Gasteiger partial charge in [0.1, 0.15) is 0 Å². The van der Waals surface area contributed by atoms with Gasteiger partial charge in [0.15, 0.2) is 0 Å². The number of unbranched alkanes of at least 4 members (excludes halogenated alkanes) is 5. The molecule has 0 bridgehead atoms. The Bertz CT molecular complexity index is 270. The van der Waals surface area contributed by atoms with Crippen LogP contribution in [0.25, 0.3) is 0 Å². The summed E-state index contributed by atoms with van der Waals surface area (Å²) in [6, 6.07) is 0. The Morgan fingerprint density at radius 3 is 2.40 bits per heavy atom. The first-order chi connectivity index (χ1) is 9.56. The molecule has 0 aromatic carbocycles. The highest BCUT2D eigenvalue weighted by Gasteiger charge is 2.31. The summed E-state index contributed by atoms with van der Waals surface area (Å²) in [6.07, 6.45) is 11.6. The summed E-state index contributed by atoms with van der Waals surface area (Å²) >= 11 is 0. The van der Waals surface area contributed by atoms with E-state index in [-0.39, 0.29) is 5.91 Å². The van der Waals surface area contributed by atoms with Gasteiger partial charge in [-0.1, -0.05) is 46.0 Å². The second-order valence-corrected chi connectivity index (χ2v) is 6.70. The molecule has 0 atom stereocenters. The van der Waals surface area contributed by atoms with Crippen LogP contribution in [0.1, 0.15) is 84.5 Å². The van der Waals surface area contributed by atoms with Gasteiger partial charge in [-0.05, 0) is 38.0 Å². The molecule has 1 aliphatic rings. The highest BCUT2D eigenvalue weighted by atomic mass is 16.3. The van der Waals surface area contributed by atoms with Crippen molar-refractivity contribution in [3.05, 3.63) is 0 Å². The zero-order valence-electron chi connectivity index (χ0n) is 13.4. The lowest BCUT2D eigenvalue weighted by Crippen LogP contribution is -2.45. The molecule has 3 nitrogen and oxygen atoms in total. The second-order valence-electron chi connectivity index (χ2n) is 6.70. The Labute approximate surface area is 124 Å². The maximum atomic E-state index is 11.8. The number of nitrogens with one attached hydrogen (secondary N) is 1. The lowest BCUT2D eigenvalue weighted by Gasteiger charge is -2.34. The Morgan fingerprint density at radius 2 is 1.75 bits per heavy atom. The standard InChI is InChI=1S/C17H33NO2/c1-3-4-5-6-7-8-9-16(19)18-14-17(20)12-10-15(2)11-13-17/h15,20H,3-14H2,1-2H3,(H,18,19). The minimum Gasteiger partial charge on any atom is -0.388 e. The molecule has 1 amide bonds. The van der Waals surface area contributed by atoms with E-state index < -0.39 is 5.60 Å². The Morgan fingerprint density at radius 1 is 1.15 bits per heavy atom. The quantitative estimate of drug-likeness (QED) is 0.632. The molecule has 20 heavy (non-hydrogen) atoms. The van der Waals surface area contributed by atoms with Crippen molar-refractivity contribution in [2.24, 2.45) is 5.92 Å². The van der Waals surface area contributed by atoms with Crippen molar-refractivity contribution in [2.45, 2.75) is 90.1 Å². The van der Waals surface area contributed by atoms with E-state index in [9.17, 15) is 9.90 Å². The lowest BCUT2D eigenvalue weighted by atomic mass is 9.79. The smallest absolute Gasteiger partial charge is 0.220 e. The van der Waals surface area contributed by atoms with Crippen molar-refractivity contribution >= 4 is 5.91 Å². The van der Waals surface area contributed by atoms with Crippen LogP contribution in [0.3, 0.4) is 0 Å². The summed E-state index contributed by atoms with van der Waals surface area (Å²) in [6.45, 7) is 4.88. The van der Waals surface area contributed by atoms with Crippen molar-refractivity contribution < 1.29 is 9.90 Å². The summed E-state index contributed by atoms with van der Waals surface area (Å²) in [7, 11) is 0. The van der Waals surface area contributed by atoms with E-state index in [0.29, 0.717) is 18.9 Å². The van der Waals surface area contributed by atoms with Gasteiger partial charge in [0, 0.05) is 13.0 Å². The number of carbonyl (C=O) groups is 1. The fourth-order valence-corrected chi connectivity index (χ4v) is 2.89. The number of aliphatic hydroxyl groups is 1. The highest BCUT2D eigenvalue weighted by molar-refractivity contribution is 5.75. The molecule has 0 radical (unpaired) electrons. The zero-order valence-corrected chi connectivity index (χ0v) is 13.4. The Balaban J connectivity index is 2.05. The van der Waals surface area contributed by atoms with Gasteiger partial charge >= 0.3 is 0 Å². The summed E-state index contributed by atoms with van der Waals surface area (Å²) in [5.41, 5.74) is -0.650. The van der Waals surface area contributed by atoms with E-state index in [2.05, 4.69) is 19.2 Å². The molecule has 1 saturated carbocycles. The number of hydrogen-bond acceptors (Lipinski definition) is 2. The molecule has 0 aliphatic heterocycles. The fraction of sp³-hybridized carbons (Fsp3) is 0.941. The van der Waals surface area contributed by atoms with Crippen molar-refractivity contribution in [1.29, 1.82) is 0 Å². The second kappa shape index (κ2) is 9.38. The predicted molar refractivity (Wildman–Crippen MR) is 83.6 cm³/mol. The molecular weight excluding hydrogens is 250 g/mol. The summed E-state index contributed by atoms with van der Waals surface area (Å²) in [4.78, 5) is 11.8. The first kappa shape index (κ1) is 17.5. The van der Waals surface area contributed by atoms with E-state index in [1.165, 1.54) is 25.7 Å². The van der Waals surface area contributed by atoms with E-state index in [4.69, 9.17) is 0 Å². The molecule has 0 heterocycles. The molecule has 0 unspecified atom stereocenters. The van der Waals surface area contributed by atoms with Crippen molar-refractivity contribution in [1.82, 2.24) is 5.32 Å². The molecule has 118 valence electrons. The van der Waals surface area contributed by atoms with E-state index >= 15 is 0 Å². The predicted octanol–water partition coefficient (Wildman–Crippen LogP) is 3.79. The molecule has 1 aliphatic carbocycles. The van der Waals surface area contributed by atoms with Crippen LogP contribution in [0.15, 0.2) is 0 Å². The molecule has 2 N–H and O–H groups in total. The van der Waals surface area contributed by atoms with Gasteiger partial charge in [-0.25, -0.2) is 0 Å². The molecule has 3 heteroatoms. The third-order valence-electron chi connectivity index (χ3n) is 4.58. The Kier molecular flexibility index (Phi) is 8.20. The summed E-state index contributed by atoms with van der Waals surface area (Å²) < 4.78 is 0. The maximum absolute atomic E-state index is 11.8. The van der Waals surface area contributed by atoms with Crippen LogP contribution in [-0.2, 0) is 4.79 Å². The van der Waals surface area contributed by atoms with Gasteiger partial charge in [0.2, 0.25) is 5.91 Å². The van der Waals surface area contributed by atoms with Gasteiger partial charge in [0.05, 0.1) is 5.60 Å². The lowest BCUT2D eigenvalue weighted by molar-refractivity contribution is -0.123. The molecule has 0 saturated heterocycles. The minimum absolute atomic E-state index is 0.104. The van der Waals surface area contributed by atoms with Crippen LogP contribution in [0.4, 0.5) is 0 Å². The van der Waals surface area contributed by atoms with E-state index in [0.717, 1.165) is 38.5 Å². The number of amides is 1. The highest BCUT2D eigenvalue weighted by Crippen LogP contribution is 2.31. The van der Waals surface area contributed by atoms with Crippen LogP contribution < -0.4 is 5.32 Å². The average molecular weight is 283 g/mol. The summed E-state index contributed by atoms with van der Waals surface area (Å²) in [5.74, 6) is 0.821. The van der Waals surface area contributed by atoms with Gasteiger partial charge in [0.25, 0.3) is 0 Å². The topological polar surface area (TPSA) is 49.3 Å². The van der Waals surface area contributed by atoms with E-state index in [1.807, 2.05) is 0 Å². The normalized spacial score (nSPS) is 26.4. The molecule has 1 rings (SSSR count). The van der Waals surface area contributed by atoms with Gasteiger partial charge in [-0.15, -0.1) is 0 Å². The molecule has 0 spiro atoms. The Hall–Kier alpha value is -0.570. The van der Waals surface area contributed by atoms with Crippen LogP contribution in [0, 0.1) is 5.92 Å². The number of rotatable bonds is 9. The first-order valence-corrected chi connectivity index (χ1v) is 8.55. The van der Waals surface area contributed by atoms with Crippen LogP contribution in [-0.4, -0.2) is 23.2 Å². The zero-order chi connectivity index (χ0) is 14.8.